The van der Waals surface area contributed by atoms with Gasteiger partial charge in [0.2, 0.25) is 10.0 Å². The SMILES string of the molecule is CC1(C)CC2CN(C(=O)N3CCS(=O)(=O)CC3)C[C@H]1N(c1ccc(N3CCN(S(C)(=O)=O)CC3)cc1)C2. The van der Waals surface area contributed by atoms with E-state index in [9.17, 15) is 21.6 Å². The predicted octanol–water partition coefficient (Wildman–Crippen LogP) is 1.16. The van der Waals surface area contributed by atoms with Gasteiger partial charge in [-0.1, -0.05) is 13.8 Å². The minimum Gasteiger partial charge on any atom is -0.369 e. The molecular formula is C25H39N5O5S2. The number of piperidine rings is 1. The zero-order valence-corrected chi connectivity index (χ0v) is 23.7. The number of benzene rings is 1. The number of hydrogen-bond acceptors (Lipinski definition) is 7. The van der Waals surface area contributed by atoms with Gasteiger partial charge in [-0.2, -0.15) is 4.31 Å². The molecule has 2 amide bonds. The summed E-state index contributed by atoms with van der Waals surface area (Å²) in [5.41, 5.74) is 2.26. The van der Waals surface area contributed by atoms with E-state index in [1.165, 1.54) is 10.6 Å². The molecule has 37 heavy (non-hydrogen) atoms. The van der Waals surface area contributed by atoms with E-state index in [1.54, 1.807) is 4.90 Å². The molecule has 0 saturated carbocycles. The number of nitrogens with zero attached hydrogens (tertiary/aromatic N) is 5. The van der Waals surface area contributed by atoms with Crippen LogP contribution in [0.4, 0.5) is 16.2 Å². The van der Waals surface area contributed by atoms with Crippen LogP contribution >= 0.6 is 0 Å². The molecule has 2 atom stereocenters. The first kappa shape index (κ1) is 26.6. The topological polar surface area (TPSA) is 102 Å². The fourth-order valence-corrected chi connectivity index (χ4v) is 8.54. The maximum atomic E-state index is 13.4. The highest BCUT2D eigenvalue weighted by atomic mass is 32.2. The van der Waals surface area contributed by atoms with Gasteiger partial charge >= 0.3 is 6.03 Å². The minimum atomic E-state index is -3.15. The van der Waals surface area contributed by atoms with Crippen LogP contribution in [0.2, 0.25) is 0 Å². The molecule has 1 unspecified atom stereocenters. The van der Waals surface area contributed by atoms with Crippen LogP contribution < -0.4 is 9.80 Å². The molecule has 0 radical (unpaired) electrons. The molecule has 6 rings (SSSR count). The van der Waals surface area contributed by atoms with Crippen molar-refractivity contribution in [1.29, 1.82) is 0 Å². The Morgan fingerprint density at radius 3 is 2.05 bits per heavy atom. The molecule has 5 fully saturated rings. The maximum Gasteiger partial charge on any atom is 0.320 e. The molecule has 0 aromatic heterocycles. The summed E-state index contributed by atoms with van der Waals surface area (Å²) in [4.78, 5) is 21.7. The fourth-order valence-electron chi connectivity index (χ4n) is 6.51. The fraction of sp³-hybridized carbons (Fsp3) is 0.720. The molecule has 206 valence electrons. The third-order valence-corrected chi connectivity index (χ3v) is 11.5. The maximum absolute atomic E-state index is 13.4. The molecular weight excluding hydrogens is 514 g/mol. The van der Waals surface area contributed by atoms with Crippen molar-refractivity contribution in [3.8, 4) is 0 Å². The molecule has 0 aliphatic carbocycles. The zero-order chi connectivity index (χ0) is 26.6. The van der Waals surface area contributed by atoms with Gasteiger partial charge in [-0.25, -0.2) is 21.6 Å². The van der Waals surface area contributed by atoms with E-state index in [0.717, 1.165) is 24.3 Å². The summed E-state index contributed by atoms with van der Waals surface area (Å²) in [5.74, 6) is 0.439. The number of sulfonamides is 1. The van der Waals surface area contributed by atoms with Crippen LogP contribution in [0.5, 0.6) is 0 Å². The number of hydrogen-bond donors (Lipinski definition) is 0. The number of anilines is 2. The summed E-state index contributed by atoms with van der Waals surface area (Å²) in [6, 6.07) is 8.66. The van der Waals surface area contributed by atoms with E-state index in [2.05, 4.69) is 47.9 Å². The van der Waals surface area contributed by atoms with Crippen molar-refractivity contribution in [3.63, 3.8) is 0 Å². The molecule has 0 spiro atoms. The highest BCUT2D eigenvalue weighted by molar-refractivity contribution is 7.91. The highest BCUT2D eigenvalue weighted by Gasteiger charge is 2.47. The predicted molar refractivity (Wildman–Crippen MR) is 145 cm³/mol. The van der Waals surface area contributed by atoms with Crippen LogP contribution in [0.1, 0.15) is 20.3 Å². The standard InChI is InChI=1S/C25H39N5O5S2/c1-25(2)16-20-17-28(24(31)27-12-14-37(34,35)15-13-27)19-23(25)30(18-20)22-6-4-21(5-7-22)26-8-10-29(11-9-26)36(3,32)33/h4-7,20,23H,8-19H2,1-3H3/t20?,23-/m1/s1. The molecule has 10 nitrogen and oxygen atoms in total. The average Bonchev–Trinajstić information content (AvgIpc) is 3.10. The van der Waals surface area contributed by atoms with Crippen LogP contribution in [0.25, 0.3) is 0 Å². The van der Waals surface area contributed by atoms with Gasteiger partial charge in [0.15, 0.2) is 9.84 Å². The molecule has 5 aliphatic heterocycles. The number of amides is 2. The summed E-state index contributed by atoms with van der Waals surface area (Å²) >= 11 is 0. The van der Waals surface area contributed by atoms with Gasteiger partial charge in [0.25, 0.3) is 0 Å². The second kappa shape index (κ2) is 9.60. The Bertz CT molecular complexity index is 1210. The first-order chi connectivity index (χ1) is 17.3. The van der Waals surface area contributed by atoms with Crippen molar-refractivity contribution >= 4 is 37.3 Å². The van der Waals surface area contributed by atoms with Gasteiger partial charge in [-0.3, -0.25) is 0 Å². The lowest BCUT2D eigenvalue weighted by Gasteiger charge is -2.48. The minimum absolute atomic E-state index is 0.0316. The van der Waals surface area contributed by atoms with Crippen molar-refractivity contribution < 1.29 is 21.6 Å². The molecule has 5 aliphatic rings. The van der Waals surface area contributed by atoms with E-state index in [0.29, 0.717) is 45.2 Å². The summed E-state index contributed by atoms with van der Waals surface area (Å²) in [6.45, 7) is 9.67. The molecule has 1 aromatic rings. The third kappa shape index (κ3) is 5.56. The lowest BCUT2D eigenvalue weighted by molar-refractivity contribution is 0.153. The molecule has 2 bridgehead atoms. The van der Waals surface area contributed by atoms with Gasteiger partial charge in [0.05, 0.1) is 23.8 Å². The Balaban J connectivity index is 1.29. The Morgan fingerprint density at radius 2 is 1.46 bits per heavy atom. The summed E-state index contributed by atoms with van der Waals surface area (Å²) in [5, 5.41) is 0. The van der Waals surface area contributed by atoms with Crippen molar-refractivity contribution in [2.45, 2.75) is 26.3 Å². The normalized spacial score (nSPS) is 28.3. The Kier molecular flexibility index (Phi) is 6.89. The van der Waals surface area contributed by atoms with E-state index < -0.39 is 19.9 Å². The second-order valence-corrected chi connectivity index (χ2v) is 16.0. The molecule has 12 heteroatoms. The number of piperazine rings is 1. The van der Waals surface area contributed by atoms with Crippen molar-refractivity contribution in [3.05, 3.63) is 24.3 Å². The molecule has 5 heterocycles. The summed E-state index contributed by atoms with van der Waals surface area (Å²) in [6.07, 6.45) is 2.31. The highest BCUT2D eigenvalue weighted by Crippen LogP contribution is 2.43. The van der Waals surface area contributed by atoms with Crippen LogP contribution in [0.3, 0.4) is 0 Å². The van der Waals surface area contributed by atoms with E-state index in [-0.39, 0.29) is 42.1 Å². The monoisotopic (exact) mass is 553 g/mol. The number of carbonyl (C=O) groups excluding carboxylic acids is 1. The second-order valence-electron chi connectivity index (χ2n) is 11.7. The van der Waals surface area contributed by atoms with Gasteiger partial charge in [0, 0.05) is 70.3 Å². The number of urea groups is 1. The molecule has 0 N–H and O–H groups in total. The lowest BCUT2D eigenvalue weighted by atomic mass is 9.73. The Labute approximate surface area is 221 Å². The zero-order valence-electron chi connectivity index (χ0n) is 22.0. The number of fused-ring (bicyclic) bond motifs is 4. The van der Waals surface area contributed by atoms with Gasteiger partial charge in [-0.15, -0.1) is 0 Å². The van der Waals surface area contributed by atoms with Crippen molar-refractivity contribution in [2.24, 2.45) is 11.3 Å². The average molecular weight is 554 g/mol. The number of rotatable bonds is 3. The van der Waals surface area contributed by atoms with Crippen molar-refractivity contribution in [2.75, 3.05) is 86.5 Å². The van der Waals surface area contributed by atoms with Crippen molar-refractivity contribution in [1.82, 2.24) is 14.1 Å². The molecule has 5 saturated heterocycles. The van der Waals surface area contributed by atoms with Gasteiger partial charge in [-0.05, 0) is 42.0 Å². The number of carbonyl (C=O) groups is 1. The van der Waals surface area contributed by atoms with Gasteiger partial charge in [0.1, 0.15) is 0 Å². The quantitative estimate of drug-likeness (QED) is 0.554. The first-order valence-corrected chi connectivity index (χ1v) is 16.8. The van der Waals surface area contributed by atoms with Crippen LogP contribution in [-0.2, 0) is 19.9 Å². The van der Waals surface area contributed by atoms with E-state index in [1.807, 2.05) is 4.90 Å². The van der Waals surface area contributed by atoms with Crippen LogP contribution in [-0.4, -0.2) is 120 Å². The summed E-state index contributed by atoms with van der Waals surface area (Å²) < 4.78 is 48.9. The van der Waals surface area contributed by atoms with Crippen LogP contribution in [0, 0.1) is 11.3 Å². The van der Waals surface area contributed by atoms with E-state index >= 15 is 0 Å². The van der Waals surface area contributed by atoms with Crippen LogP contribution in [0.15, 0.2) is 24.3 Å². The Hall–Kier alpha value is -2.05. The first-order valence-electron chi connectivity index (χ1n) is 13.1. The Morgan fingerprint density at radius 1 is 0.865 bits per heavy atom. The third-order valence-electron chi connectivity index (χ3n) is 8.56. The lowest BCUT2D eigenvalue weighted by Crippen LogP contribution is -2.55. The van der Waals surface area contributed by atoms with Gasteiger partial charge < -0.3 is 19.6 Å². The molecule has 1 aromatic carbocycles. The smallest absolute Gasteiger partial charge is 0.320 e. The summed E-state index contributed by atoms with van der Waals surface area (Å²) in [7, 11) is -6.19. The number of sulfone groups is 1. The largest absolute Gasteiger partial charge is 0.369 e. The van der Waals surface area contributed by atoms with E-state index in [4.69, 9.17) is 0 Å².